The molecule has 6 nitrogen and oxygen atoms in total. The number of phenolic OH excluding ortho intramolecular Hbond substituents is 1. The average Bonchev–Trinajstić information content (AvgIpc) is 2.56. The summed E-state index contributed by atoms with van der Waals surface area (Å²) in [5.74, 6) is -1.34. The van der Waals surface area contributed by atoms with Crippen LogP contribution in [0.3, 0.4) is 0 Å². The lowest BCUT2D eigenvalue weighted by atomic mass is 10.2. The summed E-state index contributed by atoms with van der Waals surface area (Å²) >= 11 is 11.8. The standard InChI is InChI=1S/C17H15Cl2NO5/c1-9(16(22)20-14-6-3-10(18)7-13(14)19)25-17(23)12-5-4-11(24-2)8-15(12)21/h3-9,21H,1-2H3,(H,20,22)/t9-/m0/s1. The van der Waals surface area contributed by atoms with Crippen molar-refractivity contribution in [2.45, 2.75) is 13.0 Å². The van der Waals surface area contributed by atoms with Crippen LogP contribution >= 0.6 is 23.2 Å². The summed E-state index contributed by atoms with van der Waals surface area (Å²) in [6.07, 6.45) is -1.11. The Labute approximate surface area is 154 Å². The van der Waals surface area contributed by atoms with Gasteiger partial charge in [0.25, 0.3) is 5.91 Å². The number of rotatable bonds is 5. The molecule has 0 heterocycles. The Bertz CT molecular complexity index is 810. The highest BCUT2D eigenvalue weighted by Gasteiger charge is 2.22. The molecule has 1 amide bonds. The molecule has 2 aromatic carbocycles. The molecule has 0 saturated carbocycles. The van der Waals surface area contributed by atoms with Gasteiger partial charge in [-0.2, -0.15) is 0 Å². The van der Waals surface area contributed by atoms with Crippen molar-refractivity contribution >= 4 is 40.8 Å². The van der Waals surface area contributed by atoms with E-state index in [0.29, 0.717) is 16.5 Å². The van der Waals surface area contributed by atoms with Crippen molar-refractivity contribution < 1.29 is 24.2 Å². The lowest BCUT2D eigenvalue weighted by Crippen LogP contribution is -2.30. The fourth-order valence-corrected chi connectivity index (χ4v) is 2.37. The molecule has 25 heavy (non-hydrogen) atoms. The van der Waals surface area contributed by atoms with Gasteiger partial charge in [0.1, 0.15) is 17.1 Å². The molecule has 0 radical (unpaired) electrons. The lowest BCUT2D eigenvalue weighted by molar-refractivity contribution is -0.123. The number of amides is 1. The molecule has 0 aliphatic rings. The number of anilines is 1. The van der Waals surface area contributed by atoms with Crippen molar-refractivity contribution in [2.24, 2.45) is 0 Å². The highest BCUT2D eigenvalue weighted by atomic mass is 35.5. The Balaban J connectivity index is 2.04. The third kappa shape index (κ3) is 4.78. The zero-order chi connectivity index (χ0) is 18.6. The molecule has 0 aliphatic heterocycles. The molecule has 132 valence electrons. The quantitative estimate of drug-likeness (QED) is 0.764. The highest BCUT2D eigenvalue weighted by molar-refractivity contribution is 6.36. The second-order valence-corrected chi connectivity index (χ2v) is 5.89. The maximum Gasteiger partial charge on any atom is 0.342 e. The number of esters is 1. The topological polar surface area (TPSA) is 84.9 Å². The molecular formula is C17H15Cl2NO5. The van der Waals surface area contributed by atoms with Crippen LogP contribution in [0.2, 0.25) is 10.0 Å². The largest absolute Gasteiger partial charge is 0.507 e. The van der Waals surface area contributed by atoms with E-state index in [9.17, 15) is 14.7 Å². The number of halogens is 2. The van der Waals surface area contributed by atoms with Gasteiger partial charge in [0.15, 0.2) is 6.10 Å². The number of ether oxygens (including phenoxy) is 2. The van der Waals surface area contributed by atoms with E-state index in [1.807, 2.05) is 0 Å². The minimum atomic E-state index is -1.11. The number of hydrogen-bond donors (Lipinski definition) is 2. The van der Waals surface area contributed by atoms with E-state index in [2.05, 4.69) is 5.32 Å². The minimum absolute atomic E-state index is 0.0787. The molecule has 8 heteroatoms. The maximum atomic E-state index is 12.1. The van der Waals surface area contributed by atoms with Gasteiger partial charge in [-0.3, -0.25) is 4.79 Å². The second kappa shape index (κ2) is 8.09. The monoisotopic (exact) mass is 383 g/mol. The van der Waals surface area contributed by atoms with Gasteiger partial charge < -0.3 is 19.9 Å². The van der Waals surface area contributed by atoms with E-state index in [1.54, 1.807) is 6.07 Å². The van der Waals surface area contributed by atoms with Crippen molar-refractivity contribution in [2.75, 3.05) is 12.4 Å². The molecule has 2 aromatic rings. The van der Waals surface area contributed by atoms with Crippen LogP contribution < -0.4 is 10.1 Å². The Morgan fingerprint density at radius 1 is 1.16 bits per heavy atom. The number of aromatic hydroxyl groups is 1. The van der Waals surface area contributed by atoms with Crippen molar-refractivity contribution in [3.05, 3.63) is 52.0 Å². The van der Waals surface area contributed by atoms with E-state index in [4.69, 9.17) is 32.7 Å². The molecule has 0 aromatic heterocycles. The van der Waals surface area contributed by atoms with Crippen LogP contribution in [0.1, 0.15) is 17.3 Å². The molecule has 2 rings (SSSR count). The van der Waals surface area contributed by atoms with E-state index >= 15 is 0 Å². The summed E-state index contributed by atoms with van der Waals surface area (Å²) < 4.78 is 10.0. The Hall–Kier alpha value is -2.44. The van der Waals surface area contributed by atoms with Crippen LogP contribution in [-0.4, -0.2) is 30.2 Å². The Kier molecular flexibility index (Phi) is 6.12. The van der Waals surface area contributed by atoms with Gasteiger partial charge in [-0.05, 0) is 37.3 Å². The first kappa shape index (κ1) is 18.9. The van der Waals surface area contributed by atoms with Crippen LogP contribution in [0.25, 0.3) is 0 Å². The van der Waals surface area contributed by atoms with Gasteiger partial charge in [-0.25, -0.2) is 4.79 Å². The summed E-state index contributed by atoms with van der Waals surface area (Å²) in [7, 11) is 1.43. The predicted molar refractivity (Wildman–Crippen MR) is 94.6 cm³/mol. The number of hydrogen-bond acceptors (Lipinski definition) is 5. The van der Waals surface area contributed by atoms with Crippen LogP contribution in [0.4, 0.5) is 5.69 Å². The van der Waals surface area contributed by atoms with E-state index in [0.717, 1.165) is 0 Å². The summed E-state index contributed by atoms with van der Waals surface area (Å²) in [6.45, 7) is 1.40. The fourth-order valence-electron chi connectivity index (χ4n) is 1.91. The van der Waals surface area contributed by atoms with Crippen LogP contribution in [0.15, 0.2) is 36.4 Å². The number of carbonyl (C=O) groups excluding carboxylic acids is 2. The van der Waals surface area contributed by atoms with Gasteiger partial charge in [-0.15, -0.1) is 0 Å². The summed E-state index contributed by atoms with van der Waals surface area (Å²) in [5, 5.41) is 13.1. The van der Waals surface area contributed by atoms with E-state index in [1.165, 1.54) is 44.4 Å². The number of methoxy groups -OCH3 is 1. The minimum Gasteiger partial charge on any atom is -0.507 e. The van der Waals surface area contributed by atoms with Crippen LogP contribution in [0.5, 0.6) is 11.5 Å². The van der Waals surface area contributed by atoms with Crippen LogP contribution in [-0.2, 0) is 9.53 Å². The van der Waals surface area contributed by atoms with Crippen molar-refractivity contribution in [3.63, 3.8) is 0 Å². The third-order valence-corrected chi connectivity index (χ3v) is 3.81. The van der Waals surface area contributed by atoms with Crippen molar-refractivity contribution in [3.8, 4) is 11.5 Å². The normalized spacial score (nSPS) is 11.5. The summed E-state index contributed by atoms with van der Waals surface area (Å²) in [5.41, 5.74) is 0.260. The second-order valence-electron chi connectivity index (χ2n) is 5.04. The van der Waals surface area contributed by atoms with Gasteiger partial charge >= 0.3 is 5.97 Å². The first-order valence-electron chi connectivity index (χ1n) is 7.15. The zero-order valence-corrected chi connectivity index (χ0v) is 14.9. The Morgan fingerprint density at radius 3 is 2.48 bits per heavy atom. The fraction of sp³-hybridized carbons (Fsp3) is 0.176. The zero-order valence-electron chi connectivity index (χ0n) is 13.4. The molecule has 1 atom stereocenters. The Morgan fingerprint density at radius 2 is 1.88 bits per heavy atom. The number of nitrogens with one attached hydrogen (secondary N) is 1. The highest BCUT2D eigenvalue weighted by Crippen LogP contribution is 2.26. The number of carbonyl (C=O) groups is 2. The molecule has 0 bridgehead atoms. The average molecular weight is 384 g/mol. The number of benzene rings is 2. The molecule has 2 N–H and O–H groups in total. The first-order valence-corrected chi connectivity index (χ1v) is 7.91. The molecule has 0 aliphatic carbocycles. The van der Waals surface area contributed by atoms with Gasteiger partial charge in [0.05, 0.1) is 17.8 Å². The van der Waals surface area contributed by atoms with Crippen LogP contribution in [0, 0.1) is 0 Å². The SMILES string of the molecule is COc1ccc(C(=O)O[C@@H](C)C(=O)Nc2ccc(Cl)cc2Cl)c(O)c1. The van der Waals surface area contributed by atoms with Crippen molar-refractivity contribution in [1.29, 1.82) is 0 Å². The molecule has 0 unspecified atom stereocenters. The predicted octanol–water partition coefficient (Wildman–Crippen LogP) is 3.89. The summed E-state index contributed by atoms with van der Waals surface area (Å²) in [6, 6.07) is 8.69. The molecule has 0 saturated heterocycles. The van der Waals surface area contributed by atoms with Gasteiger partial charge in [-0.1, -0.05) is 23.2 Å². The smallest absolute Gasteiger partial charge is 0.342 e. The summed E-state index contributed by atoms with van der Waals surface area (Å²) in [4.78, 5) is 24.2. The molecule has 0 fully saturated rings. The molecule has 0 spiro atoms. The third-order valence-electron chi connectivity index (χ3n) is 3.27. The van der Waals surface area contributed by atoms with Crippen molar-refractivity contribution in [1.82, 2.24) is 0 Å². The lowest BCUT2D eigenvalue weighted by Gasteiger charge is -2.15. The van der Waals surface area contributed by atoms with E-state index in [-0.39, 0.29) is 16.3 Å². The number of phenols is 1. The van der Waals surface area contributed by atoms with Gasteiger partial charge in [0.2, 0.25) is 0 Å². The first-order chi connectivity index (χ1) is 11.8. The maximum absolute atomic E-state index is 12.1. The van der Waals surface area contributed by atoms with E-state index < -0.39 is 18.0 Å². The molecular weight excluding hydrogens is 369 g/mol. The van der Waals surface area contributed by atoms with Gasteiger partial charge in [0, 0.05) is 11.1 Å².